The Balaban J connectivity index is 1.78. The SMILES string of the molecule is CC1=CC(C)([Si](c2c(C)ccc(C)c2Cc2ccccc2)(c2c(C)ccc(C)c2Cc2ccccc2)c2c(C)ccc(C)c2Cc2ccccc2)C(C)=C1C. The maximum atomic E-state index is 2.72. The van der Waals surface area contributed by atoms with E-state index in [1.54, 1.807) is 15.6 Å². The molecule has 0 heterocycles. The summed E-state index contributed by atoms with van der Waals surface area (Å²) in [6.45, 7) is 24.2. The molecule has 55 heavy (non-hydrogen) atoms. The summed E-state index contributed by atoms with van der Waals surface area (Å²) in [5.74, 6) is 0. The summed E-state index contributed by atoms with van der Waals surface area (Å²) in [5, 5.41) is 4.54. The summed E-state index contributed by atoms with van der Waals surface area (Å²) in [7, 11) is -3.22. The van der Waals surface area contributed by atoms with Crippen molar-refractivity contribution in [3.05, 3.63) is 217 Å². The number of rotatable bonds is 10. The minimum absolute atomic E-state index is 0.265. The van der Waals surface area contributed by atoms with Gasteiger partial charge >= 0.3 is 0 Å². The van der Waals surface area contributed by atoms with Crippen LogP contribution in [0.1, 0.15) is 94.5 Å². The first-order chi connectivity index (χ1) is 26.4. The molecular weight excluding hydrogens is 677 g/mol. The molecule has 7 rings (SSSR count). The van der Waals surface area contributed by atoms with Crippen LogP contribution in [0.5, 0.6) is 0 Å². The fourth-order valence-corrected chi connectivity index (χ4v) is 17.9. The lowest BCUT2D eigenvalue weighted by Gasteiger charge is -2.52. The molecule has 0 aliphatic heterocycles. The van der Waals surface area contributed by atoms with E-state index in [1.165, 1.54) is 83.5 Å². The van der Waals surface area contributed by atoms with Crippen molar-refractivity contribution in [1.82, 2.24) is 0 Å². The Morgan fingerprint density at radius 2 is 0.673 bits per heavy atom. The number of hydrogen-bond acceptors (Lipinski definition) is 0. The molecule has 0 saturated carbocycles. The van der Waals surface area contributed by atoms with Gasteiger partial charge in [0.25, 0.3) is 0 Å². The van der Waals surface area contributed by atoms with E-state index in [2.05, 4.69) is 203 Å². The van der Waals surface area contributed by atoms with Gasteiger partial charge < -0.3 is 0 Å². The Morgan fingerprint density at radius 1 is 0.382 bits per heavy atom. The van der Waals surface area contributed by atoms with Crippen molar-refractivity contribution in [2.24, 2.45) is 0 Å². The first-order valence-corrected chi connectivity index (χ1v) is 22.2. The highest BCUT2D eigenvalue weighted by molar-refractivity contribution is 7.15. The van der Waals surface area contributed by atoms with Crippen LogP contribution in [0.4, 0.5) is 0 Å². The molecule has 1 atom stereocenters. The third kappa shape index (κ3) is 6.61. The first-order valence-electron chi connectivity index (χ1n) is 20.2. The van der Waals surface area contributed by atoms with Gasteiger partial charge in [-0.3, -0.25) is 0 Å². The minimum Gasteiger partial charge on any atom is -0.0730 e. The summed E-state index contributed by atoms with van der Waals surface area (Å²) >= 11 is 0. The molecule has 0 N–H and O–H groups in total. The number of aryl methyl sites for hydroxylation is 6. The number of allylic oxidation sites excluding steroid dienone is 4. The maximum Gasteiger partial charge on any atom is 0.163 e. The average Bonchev–Trinajstić information content (AvgIpc) is 3.39. The largest absolute Gasteiger partial charge is 0.163 e. The molecular formula is C54H58Si. The standard InChI is InChI=1S/C54H58Si/c1-36-26-29-39(4)51(48(36)32-45-20-14-11-15-21-45)55(54(10)35-42(7)43(8)44(54)9,52-40(5)30-27-37(2)49(52)33-46-22-16-12-17-23-46)53-41(6)31-28-38(3)50(53)34-47-24-18-13-19-25-47/h11-31,35H,32-34H2,1-10H3. The van der Waals surface area contributed by atoms with Gasteiger partial charge in [-0.1, -0.05) is 168 Å². The van der Waals surface area contributed by atoms with E-state index >= 15 is 0 Å². The lowest BCUT2D eigenvalue weighted by atomic mass is 9.97. The molecule has 0 bridgehead atoms. The Bertz CT molecular complexity index is 2190. The van der Waals surface area contributed by atoms with E-state index in [0.717, 1.165) is 19.3 Å². The number of hydrogen-bond donors (Lipinski definition) is 0. The van der Waals surface area contributed by atoms with Crippen molar-refractivity contribution in [3.63, 3.8) is 0 Å². The van der Waals surface area contributed by atoms with Gasteiger partial charge in [-0.25, -0.2) is 0 Å². The highest BCUT2D eigenvalue weighted by atomic mass is 28.3. The molecule has 0 amide bonds. The van der Waals surface area contributed by atoms with Crippen LogP contribution >= 0.6 is 0 Å². The summed E-state index contributed by atoms with van der Waals surface area (Å²) < 4.78 is 0. The molecule has 0 saturated heterocycles. The third-order valence-corrected chi connectivity index (χ3v) is 19.7. The second kappa shape index (κ2) is 15.3. The Labute approximate surface area is 332 Å². The summed E-state index contributed by atoms with van der Waals surface area (Å²) in [5.41, 5.74) is 21.3. The zero-order valence-corrected chi connectivity index (χ0v) is 35.8. The lowest BCUT2D eigenvalue weighted by molar-refractivity contribution is 0.865. The zero-order valence-electron chi connectivity index (χ0n) is 34.8. The van der Waals surface area contributed by atoms with Crippen molar-refractivity contribution in [2.45, 2.75) is 93.5 Å². The highest BCUT2D eigenvalue weighted by Gasteiger charge is 2.60. The summed E-state index contributed by atoms with van der Waals surface area (Å²) in [6, 6.07) is 48.1. The molecule has 0 nitrogen and oxygen atoms in total. The van der Waals surface area contributed by atoms with Gasteiger partial charge in [0, 0.05) is 5.04 Å². The summed E-state index contributed by atoms with van der Waals surface area (Å²) in [4.78, 5) is 0. The predicted octanol–water partition coefficient (Wildman–Crippen LogP) is 11.8. The van der Waals surface area contributed by atoms with Gasteiger partial charge in [0.1, 0.15) is 0 Å². The van der Waals surface area contributed by atoms with Crippen molar-refractivity contribution in [2.75, 3.05) is 0 Å². The zero-order chi connectivity index (χ0) is 39.1. The van der Waals surface area contributed by atoms with Crippen LogP contribution in [-0.2, 0) is 19.3 Å². The Kier molecular flexibility index (Phi) is 10.6. The van der Waals surface area contributed by atoms with Crippen LogP contribution < -0.4 is 15.6 Å². The van der Waals surface area contributed by atoms with Crippen molar-refractivity contribution in [3.8, 4) is 0 Å². The van der Waals surface area contributed by atoms with E-state index in [0.29, 0.717) is 0 Å². The van der Waals surface area contributed by atoms with E-state index in [-0.39, 0.29) is 5.04 Å². The van der Waals surface area contributed by atoms with Crippen molar-refractivity contribution < 1.29 is 0 Å². The van der Waals surface area contributed by atoms with Gasteiger partial charge in [-0.05, 0) is 153 Å². The Hall–Kier alpha value is -4.98. The Morgan fingerprint density at radius 3 is 0.945 bits per heavy atom. The molecule has 6 aromatic carbocycles. The first kappa shape index (κ1) is 38.3. The predicted molar refractivity (Wildman–Crippen MR) is 241 cm³/mol. The van der Waals surface area contributed by atoms with Gasteiger partial charge in [-0.2, -0.15) is 0 Å². The molecule has 278 valence electrons. The molecule has 1 heteroatoms. The molecule has 1 aliphatic carbocycles. The molecule has 0 radical (unpaired) electrons. The monoisotopic (exact) mass is 734 g/mol. The third-order valence-electron chi connectivity index (χ3n) is 13.3. The second-order valence-corrected chi connectivity index (χ2v) is 20.7. The molecule has 6 aromatic rings. The fraction of sp³-hybridized carbons (Fsp3) is 0.259. The van der Waals surface area contributed by atoms with Crippen LogP contribution in [0, 0.1) is 41.5 Å². The van der Waals surface area contributed by atoms with Crippen molar-refractivity contribution in [1.29, 1.82) is 0 Å². The van der Waals surface area contributed by atoms with Crippen LogP contribution in [-0.4, -0.2) is 8.07 Å². The quantitative estimate of drug-likeness (QED) is 0.0971. The fourth-order valence-electron chi connectivity index (χ4n) is 10.1. The van der Waals surface area contributed by atoms with Gasteiger partial charge in [0.05, 0.1) is 0 Å². The molecule has 1 unspecified atom stereocenters. The van der Waals surface area contributed by atoms with E-state index in [9.17, 15) is 0 Å². The smallest absolute Gasteiger partial charge is 0.0730 e. The highest BCUT2D eigenvalue weighted by Crippen LogP contribution is 2.54. The molecule has 0 spiro atoms. The lowest BCUT2D eigenvalue weighted by Crippen LogP contribution is -2.77. The number of benzene rings is 6. The topological polar surface area (TPSA) is 0 Å². The minimum atomic E-state index is -3.22. The molecule has 1 aliphatic rings. The van der Waals surface area contributed by atoms with Crippen LogP contribution in [0.3, 0.4) is 0 Å². The van der Waals surface area contributed by atoms with Crippen LogP contribution in [0.2, 0.25) is 5.04 Å². The van der Waals surface area contributed by atoms with E-state index < -0.39 is 8.07 Å². The second-order valence-electron chi connectivity index (χ2n) is 16.7. The van der Waals surface area contributed by atoms with Gasteiger partial charge in [0.15, 0.2) is 8.07 Å². The van der Waals surface area contributed by atoms with Gasteiger partial charge in [-0.15, -0.1) is 0 Å². The molecule has 0 fully saturated rings. The average molecular weight is 735 g/mol. The normalized spacial score (nSPS) is 15.8. The summed E-state index contributed by atoms with van der Waals surface area (Å²) in [6.07, 6.45) is 5.42. The van der Waals surface area contributed by atoms with Gasteiger partial charge in [0.2, 0.25) is 0 Å². The molecule has 0 aromatic heterocycles. The van der Waals surface area contributed by atoms with Crippen LogP contribution in [0.15, 0.2) is 150 Å². The maximum absolute atomic E-state index is 3.22. The van der Waals surface area contributed by atoms with Crippen LogP contribution in [0.25, 0.3) is 0 Å². The van der Waals surface area contributed by atoms with Crippen molar-refractivity contribution >= 4 is 23.6 Å². The van der Waals surface area contributed by atoms with E-state index in [4.69, 9.17) is 0 Å². The van der Waals surface area contributed by atoms with E-state index in [1.807, 2.05) is 0 Å².